The molecule has 1 aromatic carbocycles. The zero-order valence-electron chi connectivity index (χ0n) is 16.4. The van der Waals surface area contributed by atoms with Crippen molar-refractivity contribution in [2.45, 2.75) is 33.7 Å². The second-order valence-corrected chi connectivity index (χ2v) is 5.68. The highest BCUT2D eigenvalue weighted by Gasteiger charge is 2.18. The predicted octanol–water partition coefficient (Wildman–Crippen LogP) is 2.38. The first kappa shape index (κ1) is 24.7. The SMILES string of the molecule is CCNC(=O)CN=C(NCC)NCC(c1ccccc1)N(CC)CC.I. The molecule has 1 amide bonds. The summed E-state index contributed by atoms with van der Waals surface area (Å²) in [5.41, 5.74) is 1.28. The number of benzene rings is 1. The lowest BCUT2D eigenvalue weighted by atomic mass is 10.1. The Kier molecular flexibility index (Phi) is 14.0. The molecule has 148 valence electrons. The average Bonchev–Trinajstić information content (AvgIpc) is 2.64. The van der Waals surface area contributed by atoms with E-state index in [0.717, 1.165) is 26.2 Å². The van der Waals surface area contributed by atoms with Crippen LogP contribution in [0, 0.1) is 0 Å². The van der Waals surface area contributed by atoms with Gasteiger partial charge in [-0.2, -0.15) is 0 Å². The lowest BCUT2D eigenvalue weighted by Gasteiger charge is -2.30. The first-order valence-electron chi connectivity index (χ1n) is 9.23. The Morgan fingerprint density at radius 1 is 1.00 bits per heavy atom. The van der Waals surface area contributed by atoms with Crippen molar-refractivity contribution in [2.24, 2.45) is 4.99 Å². The number of amides is 1. The third-order valence-corrected chi connectivity index (χ3v) is 4.00. The number of hydrogen-bond acceptors (Lipinski definition) is 3. The number of guanidine groups is 1. The number of likely N-dealkylation sites (N-methyl/N-ethyl adjacent to an activating group) is 2. The summed E-state index contributed by atoms with van der Waals surface area (Å²) in [6.07, 6.45) is 0. The van der Waals surface area contributed by atoms with Gasteiger partial charge in [0.25, 0.3) is 0 Å². The molecule has 0 aliphatic carbocycles. The first-order valence-corrected chi connectivity index (χ1v) is 9.23. The Morgan fingerprint density at radius 2 is 1.62 bits per heavy atom. The van der Waals surface area contributed by atoms with Crippen LogP contribution in [0.5, 0.6) is 0 Å². The van der Waals surface area contributed by atoms with E-state index in [2.05, 4.69) is 64.0 Å². The molecule has 0 radical (unpaired) electrons. The second kappa shape index (κ2) is 14.8. The van der Waals surface area contributed by atoms with E-state index in [1.165, 1.54) is 5.56 Å². The normalized spacial score (nSPS) is 12.3. The van der Waals surface area contributed by atoms with E-state index >= 15 is 0 Å². The number of hydrogen-bond donors (Lipinski definition) is 3. The largest absolute Gasteiger partial charge is 0.357 e. The van der Waals surface area contributed by atoms with Crippen LogP contribution in [0.3, 0.4) is 0 Å². The van der Waals surface area contributed by atoms with Gasteiger partial charge in [0, 0.05) is 19.6 Å². The van der Waals surface area contributed by atoms with Crippen LogP contribution >= 0.6 is 24.0 Å². The van der Waals surface area contributed by atoms with Gasteiger partial charge in [0.05, 0.1) is 6.04 Å². The van der Waals surface area contributed by atoms with Crippen LogP contribution in [-0.4, -0.2) is 56.0 Å². The highest BCUT2D eigenvalue weighted by Crippen LogP contribution is 2.19. The molecule has 1 rings (SSSR count). The van der Waals surface area contributed by atoms with Gasteiger partial charge in [-0.3, -0.25) is 9.69 Å². The number of carbonyl (C=O) groups excluding carboxylic acids is 1. The van der Waals surface area contributed by atoms with Crippen molar-refractivity contribution < 1.29 is 4.79 Å². The Bertz CT molecular complexity index is 520. The number of carbonyl (C=O) groups is 1. The molecule has 26 heavy (non-hydrogen) atoms. The molecular weight excluding hydrogens is 441 g/mol. The van der Waals surface area contributed by atoms with E-state index in [-0.39, 0.29) is 42.5 Å². The van der Waals surface area contributed by atoms with Gasteiger partial charge >= 0.3 is 0 Å². The van der Waals surface area contributed by atoms with Gasteiger partial charge in [-0.05, 0) is 32.5 Å². The second-order valence-electron chi connectivity index (χ2n) is 5.68. The maximum Gasteiger partial charge on any atom is 0.241 e. The molecule has 0 aromatic heterocycles. The summed E-state index contributed by atoms with van der Waals surface area (Å²) in [5, 5.41) is 9.35. The molecule has 7 heteroatoms. The Hall–Kier alpha value is -1.35. The van der Waals surface area contributed by atoms with Crippen molar-refractivity contribution in [1.29, 1.82) is 0 Å². The van der Waals surface area contributed by atoms with Gasteiger partial charge in [-0.1, -0.05) is 44.2 Å². The summed E-state index contributed by atoms with van der Waals surface area (Å²) >= 11 is 0. The van der Waals surface area contributed by atoms with Gasteiger partial charge in [-0.25, -0.2) is 4.99 Å². The van der Waals surface area contributed by atoms with Crippen molar-refractivity contribution in [3.05, 3.63) is 35.9 Å². The number of halogens is 1. The molecule has 1 aromatic rings. The number of nitrogens with zero attached hydrogens (tertiary/aromatic N) is 2. The van der Waals surface area contributed by atoms with E-state index < -0.39 is 0 Å². The van der Waals surface area contributed by atoms with E-state index in [1.807, 2.05) is 19.9 Å². The van der Waals surface area contributed by atoms with Gasteiger partial charge in [0.15, 0.2) is 5.96 Å². The summed E-state index contributed by atoms with van der Waals surface area (Å²) in [5.74, 6) is 0.602. The minimum Gasteiger partial charge on any atom is -0.357 e. The van der Waals surface area contributed by atoms with Gasteiger partial charge in [0.1, 0.15) is 6.54 Å². The van der Waals surface area contributed by atoms with Crippen LogP contribution in [0.2, 0.25) is 0 Å². The van der Waals surface area contributed by atoms with E-state index in [4.69, 9.17) is 0 Å². The number of nitrogens with one attached hydrogen (secondary N) is 3. The van der Waals surface area contributed by atoms with Crippen LogP contribution in [0.25, 0.3) is 0 Å². The fourth-order valence-electron chi connectivity index (χ4n) is 2.74. The van der Waals surface area contributed by atoms with Gasteiger partial charge < -0.3 is 16.0 Å². The van der Waals surface area contributed by atoms with E-state index in [9.17, 15) is 4.79 Å². The average molecular weight is 475 g/mol. The molecule has 1 atom stereocenters. The maximum atomic E-state index is 11.6. The minimum absolute atomic E-state index is 0. The van der Waals surface area contributed by atoms with E-state index in [0.29, 0.717) is 12.5 Å². The first-order chi connectivity index (χ1) is 12.2. The third-order valence-electron chi connectivity index (χ3n) is 4.00. The fourth-order valence-corrected chi connectivity index (χ4v) is 2.74. The molecule has 0 aliphatic rings. The van der Waals surface area contributed by atoms with Crippen LogP contribution < -0.4 is 16.0 Å². The number of aliphatic imine (C=N–C) groups is 1. The maximum absolute atomic E-state index is 11.6. The monoisotopic (exact) mass is 475 g/mol. The summed E-state index contributed by atoms with van der Waals surface area (Å²) in [6, 6.07) is 10.7. The Morgan fingerprint density at radius 3 is 2.15 bits per heavy atom. The van der Waals surface area contributed by atoms with Crippen molar-refractivity contribution in [1.82, 2.24) is 20.9 Å². The van der Waals surface area contributed by atoms with Gasteiger partial charge in [-0.15, -0.1) is 24.0 Å². The molecule has 0 aliphatic heterocycles. The molecule has 1 unspecified atom stereocenters. The summed E-state index contributed by atoms with van der Waals surface area (Å²) < 4.78 is 0. The minimum atomic E-state index is -0.0666. The van der Waals surface area contributed by atoms with Crippen molar-refractivity contribution >= 4 is 35.8 Å². The zero-order chi connectivity index (χ0) is 18.5. The molecule has 0 fully saturated rings. The molecular formula is C19H34IN5O. The smallest absolute Gasteiger partial charge is 0.241 e. The molecule has 0 bridgehead atoms. The Balaban J connectivity index is 0.00000625. The molecule has 0 spiro atoms. The lowest BCUT2D eigenvalue weighted by Crippen LogP contribution is -2.43. The standard InChI is InChI=1S/C19H33N5O.HI/c1-5-20-18(25)15-23-19(21-6-2)22-14-17(24(7-3)8-4)16-12-10-9-11-13-16;/h9-13,17H,5-8,14-15H2,1-4H3,(H,20,25)(H2,21,22,23);1H. The number of rotatable bonds is 10. The summed E-state index contributed by atoms with van der Waals surface area (Å²) in [4.78, 5) is 18.4. The van der Waals surface area contributed by atoms with Crippen molar-refractivity contribution in [2.75, 3.05) is 39.3 Å². The van der Waals surface area contributed by atoms with Crippen molar-refractivity contribution in [3.63, 3.8) is 0 Å². The summed E-state index contributed by atoms with van der Waals surface area (Å²) in [6.45, 7) is 12.5. The van der Waals surface area contributed by atoms with Crippen LogP contribution in [0.4, 0.5) is 0 Å². The Labute approximate surface area is 175 Å². The molecule has 0 saturated heterocycles. The van der Waals surface area contributed by atoms with Gasteiger partial charge in [0.2, 0.25) is 5.91 Å². The zero-order valence-corrected chi connectivity index (χ0v) is 18.7. The van der Waals surface area contributed by atoms with E-state index in [1.54, 1.807) is 0 Å². The van der Waals surface area contributed by atoms with Crippen LogP contribution in [0.15, 0.2) is 35.3 Å². The molecule has 6 nitrogen and oxygen atoms in total. The van der Waals surface area contributed by atoms with Crippen LogP contribution in [0.1, 0.15) is 39.3 Å². The topological polar surface area (TPSA) is 68.8 Å². The highest BCUT2D eigenvalue weighted by atomic mass is 127. The van der Waals surface area contributed by atoms with Crippen molar-refractivity contribution in [3.8, 4) is 0 Å². The molecule has 0 heterocycles. The fraction of sp³-hybridized carbons (Fsp3) is 0.579. The highest BCUT2D eigenvalue weighted by molar-refractivity contribution is 14.0. The quantitative estimate of drug-likeness (QED) is 0.276. The lowest BCUT2D eigenvalue weighted by molar-refractivity contribution is -0.119. The predicted molar refractivity (Wildman–Crippen MR) is 120 cm³/mol. The summed E-state index contributed by atoms with van der Waals surface area (Å²) in [7, 11) is 0. The molecule has 0 saturated carbocycles. The van der Waals surface area contributed by atoms with Crippen LogP contribution in [-0.2, 0) is 4.79 Å². The molecule has 3 N–H and O–H groups in total. The third kappa shape index (κ3) is 8.84.